The SMILES string of the molecule is Brc1ccc(NC2CCN3CCc4c(n(Cc5ccccc5)c5ccccc45)C3C2)cc1.Cl.Cl. The number of anilines is 1. The maximum absolute atomic E-state index is 3.82. The van der Waals surface area contributed by atoms with E-state index >= 15 is 0 Å². The molecule has 3 heterocycles. The summed E-state index contributed by atoms with van der Waals surface area (Å²) < 4.78 is 3.74. The summed E-state index contributed by atoms with van der Waals surface area (Å²) in [6.07, 6.45) is 3.49. The van der Waals surface area contributed by atoms with Crippen molar-refractivity contribution in [1.29, 1.82) is 0 Å². The predicted octanol–water partition coefficient (Wildman–Crippen LogP) is 7.47. The molecule has 0 saturated carbocycles. The van der Waals surface area contributed by atoms with Crippen molar-refractivity contribution in [3.05, 3.63) is 100 Å². The van der Waals surface area contributed by atoms with Crippen LogP contribution in [0, 0.1) is 0 Å². The first-order valence-corrected chi connectivity index (χ1v) is 12.5. The van der Waals surface area contributed by atoms with E-state index in [1.165, 1.54) is 35.1 Å². The van der Waals surface area contributed by atoms with E-state index < -0.39 is 0 Å². The first-order valence-electron chi connectivity index (χ1n) is 11.7. The molecule has 6 rings (SSSR count). The zero-order valence-electron chi connectivity index (χ0n) is 19.0. The lowest BCUT2D eigenvalue weighted by molar-refractivity contribution is 0.125. The Morgan fingerprint density at radius 2 is 1.59 bits per heavy atom. The minimum absolute atomic E-state index is 0. The van der Waals surface area contributed by atoms with Gasteiger partial charge in [0.25, 0.3) is 0 Å². The zero-order chi connectivity index (χ0) is 21.5. The highest BCUT2D eigenvalue weighted by atomic mass is 79.9. The summed E-state index contributed by atoms with van der Waals surface area (Å²) in [5.41, 5.74) is 7.08. The van der Waals surface area contributed by atoms with Crippen LogP contribution in [0.25, 0.3) is 10.9 Å². The quantitative estimate of drug-likeness (QED) is 0.280. The normalized spacial score (nSPS) is 19.4. The van der Waals surface area contributed by atoms with Gasteiger partial charge in [0.2, 0.25) is 0 Å². The molecule has 0 aliphatic carbocycles. The smallest absolute Gasteiger partial charge is 0.0523 e. The molecule has 6 heteroatoms. The van der Waals surface area contributed by atoms with Crippen LogP contribution in [0.1, 0.15) is 35.7 Å². The van der Waals surface area contributed by atoms with Crippen LogP contribution in [0.15, 0.2) is 83.3 Å². The topological polar surface area (TPSA) is 20.2 Å². The second kappa shape index (κ2) is 10.7. The summed E-state index contributed by atoms with van der Waals surface area (Å²) in [6.45, 7) is 3.26. The fraction of sp³-hybridized carbons (Fsp3) is 0.286. The lowest BCUT2D eigenvalue weighted by atomic mass is 9.88. The van der Waals surface area contributed by atoms with Crippen LogP contribution in [-0.2, 0) is 13.0 Å². The van der Waals surface area contributed by atoms with E-state index in [9.17, 15) is 0 Å². The molecular formula is C28H30BrCl2N3. The Labute approximate surface area is 222 Å². The van der Waals surface area contributed by atoms with E-state index in [4.69, 9.17) is 0 Å². The maximum Gasteiger partial charge on any atom is 0.0523 e. The van der Waals surface area contributed by atoms with E-state index in [1.807, 2.05) is 0 Å². The molecule has 34 heavy (non-hydrogen) atoms. The fourth-order valence-electron chi connectivity index (χ4n) is 5.71. The van der Waals surface area contributed by atoms with E-state index in [-0.39, 0.29) is 24.8 Å². The number of piperidine rings is 1. The number of aromatic nitrogens is 1. The highest BCUT2D eigenvalue weighted by Gasteiger charge is 2.37. The third-order valence-corrected chi connectivity index (χ3v) is 7.73. The van der Waals surface area contributed by atoms with Gasteiger partial charge in [0.1, 0.15) is 0 Å². The molecule has 3 nitrogen and oxygen atoms in total. The van der Waals surface area contributed by atoms with Gasteiger partial charge in [0.15, 0.2) is 0 Å². The summed E-state index contributed by atoms with van der Waals surface area (Å²) in [4.78, 5) is 2.72. The summed E-state index contributed by atoms with van der Waals surface area (Å²) in [6, 6.07) is 29.5. The van der Waals surface area contributed by atoms with E-state index in [1.54, 1.807) is 11.3 Å². The molecule has 0 radical (unpaired) electrons. The van der Waals surface area contributed by atoms with Crippen LogP contribution in [0.5, 0.6) is 0 Å². The molecule has 2 unspecified atom stereocenters. The minimum atomic E-state index is 0. The molecule has 1 saturated heterocycles. The van der Waals surface area contributed by atoms with Crippen LogP contribution in [0.3, 0.4) is 0 Å². The Balaban J connectivity index is 0.00000137. The summed E-state index contributed by atoms with van der Waals surface area (Å²) in [7, 11) is 0. The lowest BCUT2D eigenvalue weighted by Crippen LogP contribution is -2.45. The van der Waals surface area contributed by atoms with Gasteiger partial charge >= 0.3 is 0 Å². The third-order valence-electron chi connectivity index (χ3n) is 7.20. The molecule has 0 spiro atoms. The number of hydrogen-bond acceptors (Lipinski definition) is 2. The number of rotatable bonds is 4. The number of para-hydroxylation sites is 1. The molecule has 178 valence electrons. The molecule has 1 N–H and O–H groups in total. The Kier molecular flexibility index (Phi) is 7.94. The van der Waals surface area contributed by atoms with Crippen LogP contribution in [-0.4, -0.2) is 28.6 Å². The van der Waals surface area contributed by atoms with Crippen molar-refractivity contribution in [1.82, 2.24) is 9.47 Å². The standard InChI is InChI=1S/C28H28BrN3.2ClH/c29-21-10-12-22(13-11-21)30-23-14-16-31-17-15-25-24-8-4-5-9-26(24)32(28(25)27(31)18-23)19-20-6-2-1-3-7-20;;/h1-13,23,27,30H,14-19H2;2*1H. The third kappa shape index (κ3) is 4.74. The summed E-state index contributed by atoms with van der Waals surface area (Å²) in [5, 5.41) is 5.26. The molecule has 2 atom stereocenters. The van der Waals surface area contributed by atoms with Crippen LogP contribution in [0.2, 0.25) is 0 Å². The molecule has 3 aromatic carbocycles. The monoisotopic (exact) mass is 557 g/mol. The molecule has 2 aliphatic rings. The second-order valence-electron chi connectivity index (χ2n) is 9.13. The highest BCUT2D eigenvalue weighted by Crippen LogP contribution is 2.42. The number of nitrogens with zero attached hydrogens (tertiary/aromatic N) is 2. The van der Waals surface area contributed by atoms with Crippen molar-refractivity contribution in [2.45, 2.75) is 37.9 Å². The van der Waals surface area contributed by atoms with Gasteiger partial charge in [-0.25, -0.2) is 0 Å². The first kappa shape index (κ1) is 25.1. The van der Waals surface area contributed by atoms with Crippen LogP contribution < -0.4 is 5.32 Å². The summed E-state index contributed by atoms with van der Waals surface area (Å²) in [5.74, 6) is 0. The Morgan fingerprint density at radius 3 is 2.38 bits per heavy atom. The molecule has 2 aliphatic heterocycles. The van der Waals surface area contributed by atoms with E-state index in [2.05, 4.69) is 110 Å². The average molecular weight is 559 g/mol. The number of hydrogen-bond donors (Lipinski definition) is 1. The number of nitrogens with one attached hydrogen (secondary N) is 1. The molecule has 0 amide bonds. The van der Waals surface area contributed by atoms with Gasteiger partial charge in [-0.15, -0.1) is 24.8 Å². The number of fused-ring (bicyclic) bond motifs is 5. The fourth-order valence-corrected chi connectivity index (χ4v) is 5.97. The Bertz CT molecular complexity index is 1240. The molecule has 4 aromatic rings. The van der Waals surface area contributed by atoms with Gasteiger partial charge in [-0.1, -0.05) is 64.5 Å². The van der Waals surface area contributed by atoms with E-state index in [0.29, 0.717) is 12.1 Å². The maximum atomic E-state index is 3.82. The van der Waals surface area contributed by atoms with Crippen molar-refractivity contribution < 1.29 is 0 Å². The average Bonchev–Trinajstić information content (AvgIpc) is 3.15. The van der Waals surface area contributed by atoms with Gasteiger partial charge < -0.3 is 9.88 Å². The van der Waals surface area contributed by atoms with E-state index in [0.717, 1.165) is 30.4 Å². The molecule has 0 bridgehead atoms. The zero-order valence-corrected chi connectivity index (χ0v) is 22.2. The van der Waals surface area contributed by atoms with Gasteiger partial charge in [-0.3, -0.25) is 4.90 Å². The van der Waals surface area contributed by atoms with Crippen molar-refractivity contribution in [2.24, 2.45) is 0 Å². The van der Waals surface area contributed by atoms with Gasteiger partial charge in [0.05, 0.1) is 6.04 Å². The predicted molar refractivity (Wildman–Crippen MR) is 151 cm³/mol. The first-order chi connectivity index (χ1) is 15.8. The Hall–Kier alpha value is -1.98. The van der Waals surface area contributed by atoms with Crippen molar-refractivity contribution in [3.8, 4) is 0 Å². The minimum Gasteiger partial charge on any atom is -0.382 e. The van der Waals surface area contributed by atoms with Crippen molar-refractivity contribution >= 4 is 57.3 Å². The number of benzene rings is 3. The van der Waals surface area contributed by atoms with Gasteiger partial charge in [-0.05, 0) is 60.7 Å². The molecule has 1 aromatic heterocycles. The molecule has 1 fully saturated rings. The highest BCUT2D eigenvalue weighted by molar-refractivity contribution is 9.10. The van der Waals surface area contributed by atoms with Crippen molar-refractivity contribution in [3.63, 3.8) is 0 Å². The largest absolute Gasteiger partial charge is 0.382 e. The Morgan fingerprint density at radius 1 is 0.853 bits per heavy atom. The second-order valence-corrected chi connectivity index (χ2v) is 10.0. The van der Waals surface area contributed by atoms with Gasteiger partial charge in [0, 0.05) is 52.4 Å². The van der Waals surface area contributed by atoms with Crippen LogP contribution >= 0.6 is 40.7 Å². The van der Waals surface area contributed by atoms with Crippen molar-refractivity contribution in [2.75, 3.05) is 18.4 Å². The van der Waals surface area contributed by atoms with Crippen LogP contribution in [0.4, 0.5) is 5.69 Å². The lowest BCUT2D eigenvalue weighted by Gasteiger charge is -2.43. The van der Waals surface area contributed by atoms with Gasteiger partial charge in [-0.2, -0.15) is 0 Å². The summed E-state index contributed by atoms with van der Waals surface area (Å²) >= 11 is 3.55. The molecular weight excluding hydrogens is 529 g/mol. The number of halogens is 3.